The second-order valence-corrected chi connectivity index (χ2v) is 8.21. The van der Waals surface area contributed by atoms with Crippen LogP contribution in [0, 0.1) is 0 Å². The van der Waals surface area contributed by atoms with Crippen LogP contribution in [0.3, 0.4) is 0 Å². The number of aliphatic carboxylic acids is 1. The molecule has 0 amide bonds. The fourth-order valence-corrected chi connectivity index (χ4v) is 4.15. The van der Waals surface area contributed by atoms with Crippen LogP contribution in [0.5, 0.6) is 17.2 Å². The van der Waals surface area contributed by atoms with E-state index in [9.17, 15) is 18.0 Å². The van der Waals surface area contributed by atoms with Crippen molar-refractivity contribution in [1.82, 2.24) is 0 Å². The zero-order chi connectivity index (χ0) is 24.5. The second kappa shape index (κ2) is 9.43. The Hall–Kier alpha value is -3.45. The molecule has 0 bridgehead atoms. The van der Waals surface area contributed by atoms with Crippen molar-refractivity contribution in [3.63, 3.8) is 0 Å². The van der Waals surface area contributed by atoms with Crippen molar-refractivity contribution in [2.45, 2.75) is 31.5 Å². The number of halogens is 4. The Labute approximate surface area is 199 Å². The Morgan fingerprint density at radius 1 is 1.09 bits per heavy atom. The lowest BCUT2D eigenvalue weighted by Gasteiger charge is -2.27. The van der Waals surface area contributed by atoms with Gasteiger partial charge in [0.15, 0.2) is 0 Å². The predicted octanol–water partition coefficient (Wildman–Crippen LogP) is 7.47. The molecule has 0 aromatic heterocycles. The molecule has 0 radical (unpaired) electrons. The third kappa shape index (κ3) is 4.89. The van der Waals surface area contributed by atoms with Crippen molar-refractivity contribution in [3.8, 4) is 17.2 Å². The van der Waals surface area contributed by atoms with Gasteiger partial charge >= 0.3 is 12.1 Å². The maximum Gasteiger partial charge on any atom is 0.430 e. The normalized spacial score (nSPS) is 16.1. The first kappa shape index (κ1) is 23.7. The first-order valence-corrected chi connectivity index (χ1v) is 10.9. The highest BCUT2D eigenvalue weighted by Gasteiger charge is 2.48. The highest BCUT2D eigenvalue weighted by molar-refractivity contribution is 6.32. The van der Waals surface area contributed by atoms with E-state index in [1.807, 2.05) is 30.3 Å². The summed E-state index contributed by atoms with van der Waals surface area (Å²) in [6.45, 7) is 2.10. The van der Waals surface area contributed by atoms with E-state index in [2.05, 4.69) is 19.1 Å². The van der Waals surface area contributed by atoms with Gasteiger partial charge in [0, 0.05) is 17.5 Å². The Bertz CT molecular complexity index is 1220. The maximum atomic E-state index is 13.3. The number of hydrogen-bond acceptors (Lipinski definition) is 3. The Morgan fingerprint density at radius 3 is 2.32 bits per heavy atom. The largest absolute Gasteiger partial charge is 0.478 e. The molecule has 2 atom stereocenters. The van der Waals surface area contributed by atoms with Crippen molar-refractivity contribution in [3.05, 3.63) is 94.0 Å². The lowest BCUT2D eigenvalue weighted by Crippen LogP contribution is -2.40. The maximum absolute atomic E-state index is 13.3. The van der Waals surface area contributed by atoms with Crippen molar-refractivity contribution < 1.29 is 32.5 Å². The van der Waals surface area contributed by atoms with Crippen LogP contribution in [0.2, 0.25) is 5.02 Å². The van der Waals surface area contributed by atoms with E-state index in [-0.39, 0.29) is 28.0 Å². The molecule has 1 heterocycles. The van der Waals surface area contributed by atoms with Crippen LogP contribution in [0.4, 0.5) is 13.2 Å². The molecular weight excluding hydrogens is 469 g/mol. The van der Waals surface area contributed by atoms with Gasteiger partial charge in [0.25, 0.3) is 0 Å². The van der Waals surface area contributed by atoms with Gasteiger partial charge in [0.2, 0.25) is 6.10 Å². The topological polar surface area (TPSA) is 55.8 Å². The van der Waals surface area contributed by atoms with E-state index in [1.54, 1.807) is 12.1 Å². The third-order valence-electron chi connectivity index (χ3n) is 5.57. The first-order valence-electron chi connectivity index (χ1n) is 10.5. The molecule has 0 saturated carbocycles. The van der Waals surface area contributed by atoms with Crippen molar-refractivity contribution in [1.29, 1.82) is 0 Å². The number of benzene rings is 3. The van der Waals surface area contributed by atoms with Crippen LogP contribution in [0.15, 0.2) is 72.3 Å². The number of rotatable bonds is 6. The molecule has 1 aliphatic heterocycles. The van der Waals surface area contributed by atoms with Gasteiger partial charge in [-0.15, -0.1) is 0 Å². The fourth-order valence-electron chi connectivity index (χ4n) is 3.94. The van der Waals surface area contributed by atoms with E-state index in [1.165, 1.54) is 17.7 Å². The summed E-state index contributed by atoms with van der Waals surface area (Å²) in [4.78, 5) is 11.3. The molecule has 4 rings (SSSR count). The quantitative estimate of drug-likeness (QED) is 0.391. The molecule has 0 spiro atoms. The lowest BCUT2D eigenvalue weighted by molar-refractivity contribution is -0.187. The molecule has 34 heavy (non-hydrogen) atoms. The molecule has 176 valence electrons. The van der Waals surface area contributed by atoms with Crippen LogP contribution in [0.25, 0.3) is 6.08 Å². The standard InChI is InChI=1S/C26H20ClF3O4/c1-2-19(15-6-4-3-5-7-15)16-8-10-18(11-9-16)33-23-14-22-17(13-21(23)27)12-20(25(31)32)24(34-22)26(28,29)30/h3-14,19,24H,2H2,1H3,(H,31,32). The van der Waals surface area contributed by atoms with Gasteiger partial charge in [-0.3, -0.25) is 0 Å². The van der Waals surface area contributed by atoms with Crippen molar-refractivity contribution in [2.24, 2.45) is 0 Å². The first-order chi connectivity index (χ1) is 16.2. The van der Waals surface area contributed by atoms with Gasteiger partial charge in [0.05, 0.1) is 10.6 Å². The second-order valence-electron chi connectivity index (χ2n) is 7.81. The molecule has 8 heteroatoms. The summed E-state index contributed by atoms with van der Waals surface area (Å²) in [5.41, 5.74) is 1.50. The van der Waals surface area contributed by atoms with Crippen LogP contribution in [-0.4, -0.2) is 23.4 Å². The summed E-state index contributed by atoms with van der Waals surface area (Å²) in [7, 11) is 0. The van der Waals surface area contributed by atoms with Crippen LogP contribution >= 0.6 is 11.6 Å². The minimum Gasteiger partial charge on any atom is -0.478 e. The smallest absolute Gasteiger partial charge is 0.430 e. The van der Waals surface area contributed by atoms with Crippen LogP contribution in [0.1, 0.15) is 36.0 Å². The van der Waals surface area contributed by atoms with E-state index in [0.717, 1.165) is 18.1 Å². The zero-order valence-corrected chi connectivity index (χ0v) is 18.7. The minimum atomic E-state index is -4.90. The molecule has 0 aliphatic carbocycles. The monoisotopic (exact) mass is 488 g/mol. The predicted molar refractivity (Wildman–Crippen MR) is 123 cm³/mol. The molecule has 1 N–H and O–H groups in total. The molecule has 3 aromatic rings. The van der Waals surface area contributed by atoms with E-state index in [0.29, 0.717) is 5.75 Å². The summed E-state index contributed by atoms with van der Waals surface area (Å²) in [6, 6.07) is 20.0. The fraction of sp³-hybridized carbons (Fsp3) is 0.192. The summed E-state index contributed by atoms with van der Waals surface area (Å²) in [6.07, 6.45) is -5.66. The minimum absolute atomic E-state index is 0.0939. The highest BCUT2D eigenvalue weighted by Crippen LogP contribution is 2.42. The van der Waals surface area contributed by atoms with Gasteiger partial charge in [-0.25, -0.2) is 4.79 Å². The van der Waals surface area contributed by atoms with Crippen molar-refractivity contribution >= 4 is 23.6 Å². The Kier molecular flexibility index (Phi) is 6.57. The van der Waals surface area contributed by atoms with Crippen LogP contribution < -0.4 is 9.47 Å². The third-order valence-corrected chi connectivity index (χ3v) is 5.86. The number of hydrogen-bond donors (Lipinski definition) is 1. The molecule has 1 aliphatic rings. The van der Waals surface area contributed by atoms with Gasteiger partial charge in [-0.2, -0.15) is 13.2 Å². The highest BCUT2D eigenvalue weighted by atomic mass is 35.5. The number of carbonyl (C=O) groups is 1. The summed E-state index contributed by atoms with van der Waals surface area (Å²) >= 11 is 6.27. The lowest BCUT2D eigenvalue weighted by atomic mass is 9.89. The average molecular weight is 489 g/mol. The van der Waals surface area contributed by atoms with Gasteiger partial charge in [0.1, 0.15) is 17.2 Å². The molecule has 0 fully saturated rings. The number of carboxylic acids is 1. The van der Waals surface area contributed by atoms with E-state index < -0.39 is 23.8 Å². The molecule has 4 nitrogen and oxygen atoms in total. The number of carboxylic acid groups (broad SMARTS) is 1. The Morgan fingerprint density at radius 2 is 1.74 bits per heavy atom. The van der Waals surface area contributed by atoms with Gasteiger partial charge < -0.3 is 14.6 Å². The van der Waals surface area contributed by atoms with Gasteiger partial charge in [-0.1, -0.05) is 61.0 Å². The average Bonchev–Trinajstić information content (AvgIpc) is 2.80. The van der Waals surface area contributed by atoms with Crippen molar-refractivity contribution in [2.75, 3.05) is 0 Å². The molecule has 0 saturated heterocycles. The molecular formula is C26H20ClF3O4. The SMILES string of the molecule is CCC(c1ccccc1)c1ccc(Oc2cc3c(cc2Cl)C=C(C(=O)O)C(C(F)(F)F)O3)cc1. The van der Waals surface area contributed by atoms with Gasteiger partial charge in [-0.05, 0) is 41.8 Å². The summed E-state index contributed by atoms with van der Waals surface area (Å²) in [5, 5.41) is 9.27. The number of ether oxygens (including phenoxy) is 2. The zero-order valence-electron chi connectivity index (χ0n) is 18.0. The molecule has 2 unspecified atom stereocenters. The number of fused-ring (bicyclic) bond motifs is 1. The van der Waals surface area contributed by atoms with E-state index in [4.69, 9.17) is 26.2 Å². The number of alkyl halides is 3. The summed E-state index contributed by atoms with van der Waals surface area (Å²) < 4.78 is 50.8. The summed E-state index contributed by atoms with van der Waals surface area (Å²) in [5.74, 6) is -1.13. The molecule has 3 aromatic carbocycles. The van der Waals surface area contributed by atoms with Crippen LogP contribution in [-0.2, 0) is 4.79 Å². The Balaban J connectivity index is 1.59. The van der Waals surface area contributed by atoms with E-state index >= 15 is 0 Å².